The van der Waals surface area contributed by atoms with Gasteiger partial charge in [0, 0.05) is 0 Å². The van der Waals surface area contributed by atoms with Crippen LogP contribution in [0, 0.1) is 5.92 Å². The fourth-order valence-electron chi connectivity index (χ4n) is 1.60. The smallest absolute Gasteiger partial charge is 0.00162 e. The predicted octanol–water partition coefficient (Wildman–Crippen LogP) is 3.15. The molecule has 1 saturated heterocycles. The van der Waals surface area contributed by atoms with Crippen LogP contribution in [0.15, 0.2) is 0 Å². The molecule has 0 spiro atoms. The first kappa shape index (κ1) is 12.0. The molecule has 1 aliphatic heterocycles. The standard InChI is InChI=1S/C9H19N.C2H6/c1-3-6-10-7-4-9(2)5-8-10;1-2/h9H,3-8H2,1-2H3;1-2H3. The van der Waals surface area contributed by atoms with Gasteiger partial charge in [0.05, 0.1) is 0 Å². The highest BCUT2D eigenvalue weighted by molar-refractivity contribution is 4.68. The summed E-state index contributed by atoms with van der Waals surface area (Å²) in [5.74, 6) is 0.980. The number of rotatable bonds is 2. The average molecular weight is 171 g/mol. The molecule has 1 fully saturated rings. The molecule has 1 rings (SSSR count). The van der Waals surface area contributed by atoms with Gasteiger partial charge in [-0.3, -0.25) is 0 Å². The molecule has 12 heavy (non-hydrogen) atoms. The summed E-state index contributed by atoms with van der Waals surface area (Å²) >= 11 is 0. The molecule has 0 N–H and O–H groups in total. The molecule has 0 bridgehead atoms. The van der Waals surface area contributed by atoms with Gasteiger partial charge in [0.2, 0.25) is 0 Å². The molecule has 0 aromatic rings. The Morgan fingerprint density at radius 3 is 2.08 bits per heavy atom. The number of hydrogen-bond donors (Lipinski definition) is 0. The van der Waals surface area contributed by atoms with Gasteiger partial charge in [0.25, 0.3) is 0 Å². The van der Waals surface area contributed by atoms with Crippen molar-refractivity contribution in [3.8, 4) is 0 Å². The molecule has 0 unspecified atom stereocenters. The maximum atomic E-state index is 2.58. The van der Waals surface area contributed by atoms with Crippen molar-refractivity contribution in [3.63, 3.8) is 0 Å². The topological polar surface area (TPSA) is 3.24 Å². The van der Waals surface area contributed by atoms with E-state index in [0.29, 0.717) is 0 Å². The summed E-state index contributed by atoms with van der Waals surface area (Å²) in [6.45, 7) is 12.6. The Morgan fingerprint density at radius 2 is 1.67 bits per heavy atom. The van der Waals surface area contributed by atoms with E-state index in [4.69, 9.17) is 0 Å². The zero-order valence-corrected chi connectivity index (χ0v) is 9.27. The van der Waals surface area contributed by atoms with Crippen LogP contribution in [0.4, 0.5) is 0 Å². The van der Waals surface area contributed by atoms with Crippen molar-refractivity contribution >= 4 is 0 Å². The Kier molecular flexibility index (Phi) is 7.58. The van der Waals surface area contributed by atoms with Crippen molar-refractivity contribution in [3.05, 3.63) is 0 Å². The van der Waals surface area contributed by atoms with Crippen LogP contribution in [-0.4, -0.2) is 24.5 Å². The maximum Gasteiger partial charge on any atom is -0.00162 e. The second kappa shape index (κ2) is 7.60. The molecule has 74 valence electrons. The van der Waals surface area contributed by atoms with E-state index in [1.54, 1.807) is 0 Å². The van der Waals surface area contributed by atoms with E-state index < -0.39 is 0 Å². The highest BCUT2D eigenvalue weighted by Crippen LogP contribution is 2.15. The highest BCUT2D eigenvalue weighted by Gasteiger charge is 2.13. The Labute approximate surface area is 78.1 Å². The second-order valence-electron chi connectivity index (χ2n) is 3.52. The Bertz CT molecular complexity index is 83.0. The Balaban J connectivity index is 0.000000561. The van der Waals surface area contributed by atoms with E-state index >= 15 is 0 Å². The zero-order valence-electron chi connectivity index (χ0n) is 9.27. The molecular formula is C11H25N. The lowest BCUT2D eigenvalue weighted by atomic mass is 9.99. The number of likely N-dealkylation sites (tertiary alicyclic amines) is 1. The minimum atomic E-state index is 0.980. The van der Waals surface area contributed by atoms with Gasteiger partial charge in [0.1, 0.15) is 0 Å². The van der Waals surface area contributed by atoms with Crippen molar-refractivity contribution in [2.45, 2.75) is 47.0 Å². The maximum absolute atomic E-state index is 2.58. The summed E-state index contributed by atoms with van der Waals surface area (Å²) < 4.78 is 0. The molecule has 0 amide bonds. The van der Waals surface area contributed by atoms with Gasteiger partial charge in [0.15, 0.2) is 0 Å². The van der Waals surface area contributed by atoms with Gasteiger partial charge < -0.3 is 4.90 Å². The highest BCUT2D eigenvalue weighted by atomic mass is 15.1. The van der Waals surface area contributed by atoms with Crippen LogP contribution in [0.1, 0.15) is 47.0 Å². The van der Waals surface area contributed by atoms with E-state index in [1.807, 2.05) is 13.8 Å². The molecule has 1 nitrogen and oxygen atoms in total. The predicted molar refractivity (Wildman–Crippen MR) is 56.5 cm³/mol. The van der Waals surface area contributed by atoms with E-state index in [2.05, 4.69) is 18.7 Å². The summed E-state index contributed by atoms with van der Waals surface area (Å²) in [7, 11) is 0. The summed E-state index contributed by atoms with van der Waals surface area (Å²) in [6.07, 6.45) is 4.15. The van der Waals surface area contributed by atoms with E-state index in [-0.39, 0.29) is 0 Å². The lowest BCUT2D eigenvalue weighted by molar-refractivity contribution is 0.193. The first-order valence-corrected chi connectivity index (χ1v) is 5.55. The first-order chi connectivity index (χ1) is 5.83. The van der Waals surface area contributed by atoms with Crippen LogP contribution in [-0.2, 0) is 0 Å². The Hall–Kier alpha value is -0.0400. The fourth-order valence-corrected chi connectivity index (χ4v) is 1.60. The van der Waals surface area contributed by atoms with Gasteiger partial charge in [-0.25, -0.2) is 0 Å². The summed E-state index contributed by atoms with van der Waals surface area (Å²) in [5.41, 5.74) is 0. The van der Waals surface area contributed by atoms with Gasteiger partial charge in [-0.15, -0.1) is 0 Å². The number of hydrogen-bond acceptors (Lipinski definition) is 1. The second-order valence-corrected chi connectivity index (χ2v) is 3.52. The van der Waals surface area contributed by atoms with Gasteiger partial charge >= 0.3 is 0 Å². The minimum absolute atomic E-state index is 0.980. The summed E-state index contributed by atoms with van der Waals surface area (Å²) in [4.78, 5) is 2.58. The monoisotopic (exact) mass is 171 g/mol. The third-order valence-electron chi connectivity index (χ3n) is 2.42. The molecule has 0 saturated carbocycles. The quantitative estimate of drug-likeness (QED) is 0.617. The van der Waals surface area contributed by atoms with E-state index in [9.17, 15) is 0 Å². The normalized spacial score (nSPS) is 20.0. The van der Waals surface area contributed by atoms with E-state index in [0.717, 1.165) is 5.92 Å². The number of piperidine rings is 1. The van der Waals surface area contributed by atoms with Crippen molar-refractivity contribution < 1.29 is 0 Å². The molecule has 0 radical (unpaired) electrons. The largest absolute Gasteiger partial charge is 0.303 e. The van der Waals surface area contributed by atoms with Gasteiger partial charge in [-0.05, 0) is 44.8 Å². The van der Waals surface area contributed by atoms with Gasteiger partial charge in [-0.1, -0.05) is 27.7 Å². The lowest BCUT2D eigenvalue weighted by Gasteiger charge is -2.29. The average Bonchev–Trinajstić information content (AvgIpc) is 2.13. The third kappa shape index (κ3) is 4.76. The van der Waals surface area contributed by atoms with E-state index in [1.165, 1.54) is 38.9 Å². The molecule has 1 aliphatic rings. The Morgan fingerprint density at radius 1 is 1.17 bits per heavy atom. The SMILES string of the molecule is CC.CCCN1CCC(C)CC1. The molecule has 0 aliphatic carbocycles. The third-order valence-corrected chi connectivity index (χ3v) is 2.42. The minimum Gasteiger partial charge on any atom is -0.303 e. The van der Waals surface area contributed by atoms with Crippen molar-refractivity contribution in [2.24, 2.45) is 5.92 Å². The van der Waals surface area contributed by atoms with Crippen LogP contribution in [0.2, 0.25) is 0 Å². The lowest BCUT2D eigenvalue weighted by Crippen LogP contribution is -2.33. The fraction of sp³-hybridized carbons (Fsp3) is 1.00. The number of nitrogens with zero attached hydrogens (tertiary/aromatic N) is 1. The summed E-state index contributed by atoms with van der Waals surface area (Å²) in [6, 6.07) is 0. The first-order valence-electron chi connectivity index (χ1n) is 5.55. The van der Waals surface area contributed by atoms with Crippen molar-refractivity contribution in [1.82, 2.24) is 4.90 Å². The van der Waals surface area contributed by atoms with Crippen LogP contribution in [0.25, 0.3) is 0 Å². The van der Waals surface area contributed by atoms with Gasteiger partial charge in [-0.2, -0.15) is 0 Å². The van der Waals surface area contributed by atoms with Crippen LogP contribution in [0.3, 0.4) is 0 Å². The molecule has 0 aromatic heterocycles. The van der Waals surface area contributed by atoms with Crippen LogP contribution >= 0.6 is 0 Å². The molecular weight excluding hydrogens is 146 g/mol. The van der Waals surface area contributed by atoms with Crippen molar-refractivity contribution in [1.29, 1.82) is 0 Å². The molecule has 1 heterocycles. The van der Waals surface area contributed by atoms with Crippen LogP contribution < -0.4 is 0 Å². The molecule has 0 atom stereocenters. The summed E-state index contributed by atoms with van der Waals surface area (Å²) in [5, 5.41) is 0. The molecule has 0 aromatic carbocycles. The zero-order chi connectivity index (χ0) is 9.40. The van der Waals surface area contributed by atoms with Crippen molar-refractivity contribution in [2.75, 3.05) is 19.6 Å². The van der Waals surface area contributed by atoms with Crippen LogP contribution in [0.5, 0.6) is 0 Å². The molecule has 1 heteroatoms.